The Balaban J connectivity index is 1.96. The lowest BCUT2D eigenvalue weighted by Crippen LogP contribution is -2.02. The predicted octanol–water partition coefficient (Wildman–Crippen LogP) is 3.20. The number of carbonyl (C=O) groups excluding carboxylic acids is 1. The standard InChI is InChI=1S/C17H18O4/c1-19-11-14-4-3-5-16(10-14)21-12-13-6-8-15(9-7-13)17(18)20-2/h3-10H,11-12H2,1-2H3. The maximum absolute atomic E-state index is 11.3. The van der Waals surface area contributed by atoms with Crippen molar-refractivity contribution in [3.8, 4) is 5.75 Å². The van der Waals surface area contributed by atoms with E-state index in [0.29, 0.717) is 18.8 Å². The van der Waals surface area contributed by atoms with E-state index in [-0.39, 0.29) is 5.97 Å². The van der Waals surface area contributed by atoms with Crippen molar-refractivity contribution in [2.24, 2.45) is 0 Å². The molecule has 0 N–H and O–H groups in total. The van der Waals surface area contributed by atoms with Crippen LogP contribution in [0.2, 0.25) is 0 Å². The van der Waals surface area contributed by atoms with Crippen LogP contribution >= 0.6 is 0 Å². The van der Waals surface area contributed by atoms with Crippen LogP contribution in [0.4, 0.5) is 0 Å². The summed E-state index contributed by atoms with van der Waals surface area (Å²) in [4.78, 5) is 11.3. The topological polar surface area (TPSA) is 44.8 Å². The second kappa shape index (κ2) is 7.45. The number of rotatable bonds is 6. The lowest BCUT2D eigenvalue weighted by Gasteiger charge is -2.08. The minimum absolute atomic E-state index is 0.338. The van der Waals surface area contributed by atoms with Crippen molar-refractivity contribution in [3.63, 3.8) is 0 Å². The SMILES string of the molecule is COCc1cccc(OCc2ccc(C(=O)OC)cc2)c1. The zero-order valence-electron chi connectivity index (χ0n) is 12.2. The molecule has 0 heterocycles. The van der Waals surface area contributed by atoms with Crippen molar-refractivity contribution < 1.29 is 19.0 Å². The molecule has 0 radical (unpaired) electrons. The Morgan fingerprint density at radius 3 is 2.38 bits per heavy atom. The predicted molar refractivity (Wildman–Crippen MR) is 79.3 cm³/mol. The van der Waals surface area contributed by atoms with Gasteiger partial charge in [-0.2, -0.15) is 0 Å². The summed E-state index contributed by atoms with van der Waals surface area (Å²) in [7, 11) is 3.03. The average Bonchev–Trinajstić information content (AvgIpc) is 2.53. The molecule has 0 fully saturated rings. The molecule has 4 nitrogen and oxygen atoms in total. The molecule has 0 bridgehead atoms. The fraction of sp³-hybridized carbons (Fsp3) is 0.235. The first-order chi connectivity index (χ1) is 10.2. The van der Waals surface area contributed by atoms with Crippen molar-refractivity contribution in [1.82, 2.24) is 0 Å². The summed E-state index contributed by atoms with van der Waals surface area (Å²) in [6.45, 7) is 1.00. The van der Waals surface area contributed by atoms with Crippen molar-refractivity contribution in [1.29, 1.82) is 0 Å². The summed E-state index contributed by atoms with van der Waals surface area (Å²) in [5.41, 5.74) is 2.58. The summed E-state index contributed by atoms with van der Waals surface area (Å²) in [5.74, 6) is 0.455. The van der Waals surface area contributed by atoms with Crippen LogP contribution in [0.1, 0.15) is 21.5 Å². The van der Waals surface area contributed by atoms with Gasteiger partial charge in [0.25, 0.3) is 0 Å². The van der Waals surface area contributed by atoms with E-state index in [1.54, 1.807) is 19.2 Å². The highest BCUT2D eigenvalue weighted by Gasteiger charge is 2.04. The Hall–Kier alpha value is -2.33. The number of hydrogen-bond donors (Lipinski definition) is 0. The van der Waals surface area contributed by atoms with Crippen molar-refractivity contribution in [3.05, 3.63) is 65.2 Å². The van der Waals surface area contributed by atoms with Gasteiger partial charge in [-0.3, -0.25) is 0 Å². The molecule has 21 heavy (non-hydrogen) atoms. The second-order valence-corrected chi connectivity index (χ2v) is 4.56. The smallest absolute Gasteiger partial charge is 0.337 e. The van der Waals surface area contributed by atoms with Crippen molar-refractivity contribution in [2.45, 2.75) is 13.2 Å². The highest BCUT2D eigenvalue weighted by Crippen LogP contribution is 2.16. The quantitative estimate of drug-likeness (QED) is 0.765. The number of methoxy groups -OCH3 is 2. The lowest BCUT2D eigenvalue weighted by molar-refractivity contribution is 0.0600. The average molecular weight is 286 g/mol. The molecule has 0 unspecified atom stereocenters. The van der Waals surface area contributed by atoms with Gasteiger partial charge >= 0.3 is 5.97 Å². The van der Waals surface area contributed by atoms with E-state index in [4.69, 9.17) is 9.47 Å². The van der Waals surface area contributed by atoms with Crippen LogP contribution in [0, 0.1) is 0 Å². The van der Waals surface area contributed by atoms with Crippen molar-refractivity contribution >= 4 is 5.97 Å². The molecule has 2 aromatic carbocycles. The molecule has 0 aliphatic rings. The van der Waals surface area contributed by atoms with Crippen LogP contribution in [0.5, 0.6) is 5.75 Å². The molecule has 110 valence electrons. The summed E-state index contributed by atoms with van der Waals surface area (Å²) in [6.07, 6.45) is 0. The molecule has 2 aromatic rings. The van der Waals surface area contributed by atoms with Gasteiger partial charge in [0, 0.05) is 7.11 Å². The fourth-order valence-electron chi connectivity index (χ4n) is 1.91. The van der Waals surface area contributed by atoms with E-state index in [1.807, 2.05) is 36.4 Å². The zero-order valence-corrected chi connectivity index (χ0v) is 12.2. The van der Waals surface area contributed by atoms with E-state index in [9.17, 15) is 4.79 Å². The maximum Gasteiger partial charge on any atom is 0.337 e. The molecular formula is C17H18O4. The molecule has 0 saturated heterocycles. The van der Waals surface area contributed by atoms with Crippen LogP contribution < -0.4 is 4.74 Å². The van der Waals surface area contributed by atoms with Crippen LogP contribution in [-0.4, -0.2) is 20.2 Å². The molecular weight excluding hydrogens is 268 g/mol. The molecule has 2 rings (SSSR count). The third kappa shape index (κ3) is 4.33. The molecule has 0 amide bonds. The highest BCUT2D eigenvalue weighted by molar-refractivity contribution is 5.89. The third-order valence-corrected chi connectivity index (χ3v) is 2.99. The minimum Gasteiger partial charge on any atom is -0.489 e. The Bertz CT molecular complexity index is 590. The molecule has 0 saturated carbocycles. The van der Waals surface area contributed by atoms with Gasteiger partial charge < -0.3 is 14.2 Å². The van der Waals surface area contributed by atoms with E-state index >= 15 is 0 Å². The Kier molecular flexibility index (Phi) is 5.35. The van der Waals surface area contributed by atoms with Gasteiger partial charge in [-0.15, -0.1) is 0 Å². The van der Waals surface area contributed by atoms with Gasteiger partial charge in [0.15, 0.2) is 0 Å². The van der Waals surface area contributed by atoms with Gasteiger partial charge in [-0.05, 0) is 35.4 Å². The van der Waals surface area contributed by atoms with Crippen molar-refractivity contribution in [2.75, 3.05) is 14.2 Å². The van der Waals surface area contributed by atoms with Gasteiger partial charge in [-0.25, -0.2) is 4.79 Å². The largest absolute Gasteiger partial charge is 0.489 e. The Labute approximate surface area is 124 Å². The lowest BCUT2D eigenvalue weighted by atomic mass is 10.1. The first kappa shape index (κ1) is 15.1. The monoisotopic (exact) mass is 286 g/mol. The van der Waals surface area contributed by atoms with E-state index in [1.165, 1.54) is 7.11 Å². The Morgan fingerprint density at radius 2 is 1.71 bits per heavy atom. The summed E-state index contributed by atoms with van der Waals surface area (Å²) in [5, 5.41) is 0. The van der Waals surface area contributed by atoms with E-state index in [2.05, 4.69) is 4.74 Å². The first-order valence-electron chi connectivity index (χ1n) is 6.61. The van der Waals surface area contributed by atoms with E-state index < -0.39 is 0 Å². The number of esters is 1. The molecule has 0 spiro atoms. The number of carbonyl (C=O) groups is 1. The van der Waals surface area contributed by atoms with Gasteiger partial charge in [-0.1, -0.05) is 24.3 Å². The number of benzene rings is 2. The zero-order chi connectivity index (χ0) is 15.1. The molecule has 0 aromatic heterocycles. The minimum atomic E-state index is -0.338. The molecule has 0 atom stereocenters. The van der Waals surface area contributed by atoms with Crippen LogP contribution in [0.15, 0.2) is 48.5 Å². The fourth-order valence-corrected chi connectivity index (χ4v) is 1.91. The Morgan fingerprint density at radius 1 is 0.952 bits per heavy atom. The second-order valence-electron chi connectivity index (χ2n) is 4.56. The highest BCUT2D eigenvalue weighted by atomic mass is 16.5. The summed E-state index contributed by atoms with van der Waals surface area (Å²) < 4.78 is 15.5. The van der Waals surface area contributed by atoms with Crippen LogP contribution in [-0.2, 0) is 22.7 Å². The maximum atomic E-state index is 11.3. The van der Waals surface area contributed by atoms with Crippen LogP contribution in [0.3, 0.4) is 0 Å². The summed E-state index contributed by atoms with van der Waals surface area (Å²) >= 11 is 0. The summed E-state index contributed by atoms with van der Waals surface area (Å²) in [6, 6.07) is 14.9. The number of hydrogen-bond acceptors (Lipinski definition) is 4. The van der Waals surface area contributed by atoms with Crippen LogP contribution in [0.25, 0.3) is 0 Å². The molecule has 0 aliphatic carbocycles. The normalized spacial score (nSPS) is 10.2. The third-order valence-electron chi connectivity index (χ3n) is 2.99. The molecule has 4 heteroatoms. The number of ether oxygens (including phenoxy) is 3. The molecule has 0 aliphatic heterocycles. The van der Waals surface area contributed by atoms with E-state index in [0.717, 1.165) is 16.9 Å². The van der Waals surface area contributed by atoms with Gasteiger partial charge in [0.1, 0.15) is 12.4 Å². The van der Waals surface area contributed by atoms with Gasteiger partial charge in [0.2, 0.25) is 0 Å². The first-order valence-corrected chi connectivity index (χ1v) is 6.61. The van der Waals surface area contributed by atoms with Gasteiger partial charge in [0.05, 0.1) is 19.3 Å².